The molecule has 7 heteroatoms. The molecule has 6 nitrogen and oxygen atoms in total. The van der Waals surface area contributed by atoms with Gasteiger partial charge in [-0.3, -0.25) is 4.79 Å². The Morgan fingerprint density at radius 2 is 1.73 bits per heavy atom. The molecular formula is C15H24N2O4S. The minimum Gasteiger partial charge on any atom is -0.493 e. The van der Waals surface area contributed by atoms with Crippen molar-refractivity contribution in [1.29, 1.82) is 0 Å². The standard InChI is InChI=1S/C15H24N2O4S/c1-17(2)6-7-22-10-14(18)16-11-8-12(19-3)15(21-5)13(9-11)20-4/h8-9H,6-7,10H2,1-5H3,(H,16,18). The molecule has 0 atom stereocenters. The molecule has 0 aliphatic carbocycles. The molecular weight excluding hydrogens is 304 g/mol. The quantitative estimate of drug-likeness (QED) is 0.699. The van der Waals surface area contributed by atoms with E-state index < -0.39 is 0 Å². The molecule has 0 aliphatic rings. The number of methoxy groups -OCH3 is 3. The van der Waals surface area contributed by atoms with E-state index in [4.69, 9.17) is 14.2 Å². The number of rotatable bonds is 9. The normalized spacial score (nSPS) is 10.5. The van der Waals surface area contributed by atoms with Gasteiger partial charge in [0.25, 0.3) is 0 Å². The number of nitrogens with zero attached hydrogens (tertiary/aromatic N) is 1. The lowest BCUT2D eigenvalue weighted by atomic mass is 10.2. The molecule has 0 heterocycles. The smallest absolute Gasteiger partial charge is 0.234 e. The first-order chi connectivity index (χ1) is 10.5. The summed E-state index contributed by atoms with van der Waals surface area (Å²) in [5, 5.41) is 2.84. The summed E-state index contributed by atoms with van der Waals surface area (Å²) in [6.45, 7) is 0.947. The van der Waals surface area contributed by atoms with Crippen molar-refractivity contribution in [3.63, 3.8) is 0 Å². The van der Waals surface area contributed by atoms with Crippen LogP contribution in [0.2, 0.25) is 0 Å². The van der Waals surface area contributed by atoms with Crippen LogP contribution < -0.4 is 19.5 Å². The molecule has 0 aliphatic heterocycles. The number of hydrogen-bond donors (Lipinski definition) is 1. The zero-order valence-corrected chi connectivity index (χ0v) is 14.6. The fourth-order valence-corrected chi connectivity index (χ4v) is 2.66. The molecule has 1 aromatic rings. The number of nitrogens with one attached hydrogen (secondary N) is 1. The van der Waals surface area contributed by atoms with Gasteiger partial charge in [-0.05, 0) is 14.1 Å². The van der Waals surface area contributed by atoms with Crippen LogP contribution in [0.5, 0.6) is 17.2 Å². The third-order valence-corrected chi connectivity index (χ3v) is 3.80. The molecule has 1 amide bonds. The minimum absolute atomic E-state index is 0.0574. The van der Waals surface area contributed by atoms with E-state index in [0.29, 0.717) is 28.7 Å². The molecule has 0 saturated carbocycles. The predicted molar refractivity (Wildman–Crippen MR) is 90.6 cm³/mol. The second-order valence-electron chi connectivity index (χ2n) is 4.82. The molecule has 124 valence electrons. The van der Waals surface area contributed by atoms with Gasteiger partial charge < -0.3 is 24.4 Å². The van der Waals surface area contributed by atoms with E-state index in [1.165, 1.54) is 0 Å². The molecule has 22 heavy (non-hydrogen) atoms. The van der Waals surface area contributed by atoms with Crippen LogP contribution in [0, 0.1) is 0 Å². The van der Waals surface area contributed by atoms with Crippen molar-refractivity contribution in [2.75, 3.05) is 58.8 Å². The third kappa shape index (κ3) is 5.65. The maximum Gasteiger partial charge on any atom is 0.234 e. The molecule has 0 saturated heterocycles. The van der Waals surface area contributed by atoms with Gasteiger partial charge in [0, 0.05) is 30.1 Å². The Morgan fingerprint density at radius 1 is 1.14 bits per heavy atom. The third-order valence-electron chi connectivity index (χ3n) is 2.86. The molecule has 0 radical (unpaired) electrons. The number of carbonyl (C=O) groups excluding carboxylic acids is 1. The van der Waals surface area contributed by atoms with Gasteiger partial charge in [-0.25, -0.2) is 0 Å². The number of ether oxygens (including phenoxy) is 3. The molecule has 0 unspecified atom stereocenters. The Balaban J connectivity index is 2.66. The molecule has 0 bridgehead atoms. The van der Waals surface area contributed by atoms with Crippen LogP contribution in [-0.2, 0) is 4.79 Å². The summed E-state index contributed by atoms with van der Waals surface area (Å²) in [7, 11) is 8.65. The minimum atomic E-state index is -0.0574. The van der Waals surface area contributed by atoms with Crippen molar-refractivity contribution in [3.05, 3.63) is 12.1 Å². The van der Waals surface area contributed by atoms with Gasteiger partial charge in [-0.1, -0.05) is 0 Å². The average Bonchev–Trinajstić information content (AvgIpc) is 2.50. The predicted octanol–water partition coefficient (Wildman–Crippen LogP) is 1.95. The highest BCUT2D eigenvalue weighted by atomic mass is 32.2. The van der Waals surface area contributed by atoms with E-state index in [1.54, 1.807) is 45.2 Å². The molecule has 1 rings (SSSR count). The van der Waals surface area contributed by atoms with Crippen LogP contribution in [0.4, 0.5) is 5.69 Å². The first-order valence-corrected chi connectivity index (χ1v) is 7.99. The Hall–Kier alpha value is -1.60. The van der Waals surface area contributed by atoms with E-state index >= 15 is 0 Å². The van der Waals surface area contributed by atoms with Gasteiger partial charge in [0.15, 0.2) is 11.5 Å². The van der Waals surface area contributed by atoms with Crippen molar-refractivity contribution >= 4 is 23.4 Å². The number of amides is 1. The summed E-state index contributed by atoms with van der Waals surface area (Å²) in [6, 6.07) is 3.42. The molecule has 1 aromatic carbocycles. The maximum atomic E-state index is 12.0. The number of carbonyl (C=O) groups is 1. The summed E-state index contributed by atoms with van der Waals surface area (Å²) in [4.78, 5) is 14.0. The van der Waals surface area contributed by atoms with Crippen molar-refractivity contribution < 1.29 is 19.0 Å². The monoisotopic (exact) mass is 328 g/mol. The fraction of sp³-hybridized carbons (Fsp3) is 0.533. The summed E-state index contributed by atoms with van der Waals surface area (Å²) < 4.78 is 15.8. The molecule has 0 aromatic heterocycles. The summed E-state index contributed by atoms with van der Waals surface area (Å²) >= 11 is 1.60. The summed E-state index contributed by atoms with van der Waals surface area (Å²) in [5.74, 6) is 2.79. The van der Waals surface area contributed by atoms with Gasteiger partial charge in [0.1, 0.15) is 0 Å². The highest BCUT2D eigenvalue weighted by Gasteiger charge is 2.14. The second kappa shape index (κ2) is 9.42. The zero-order chi connectivity index (χ0) is 16.5. The number of anilines is 1. The van der Waals surface area contributed by atoms with Gasteiger partial charge in [0.2, 0.25) is 11.7 Å². The van der Waals surface area contributed by atoms with Crippen LogP contribution in [0.15, 0.2) is 12.1 Å². The first-order valence-electron chi connectivity index (χ1n) is 6.84. The Bertz CT molecular complexity index is 469. The Kier molecular flexibility index (Phi) is 7.90. The molecule has 0 spiro atoms. The summed E-state index contributed by atoms with van der Waals surface area (Å²) in [5.41, 5.74) is 0.618. The first kappa shape index (κ1) is 18.4. The van der Waals surface area contributed by atoms with E-state index in [9.17, 15) is 4.79 Å². The van der Waals surface area contributed by atoms with E-state index in [-0.39, 0.29) is 5.91 Å². The lowest BCUT2D eigenvalue weighted by Gasteiger charge is -2.14. The van der Waals surface area contributed by atoms with Crippen molar-refractivity contribution in [2.24, 2.45) is 0 Å². The Labute approximate surface area is 136 Å². The van der Waals surface area contributed by atoms with Gasteiger partial charge in [-0.2, -0.15) is 11.8 Å². The van der Waals surface area contributed by atoms with E-state index in [2.05, 4.69) is 10.2 Å². The van der Waals surface area contributed by atoms with Crippen molar-refractivity contribution in [3.8, 4) is 17.2 Å². The van der Waals surface area contributed by atoms with Crippen LogP contribution in [0.3, 0.4) is 0 Å². The van der Waals surface area contributed by atoms with Crippen LogP contribution >= 0.6 is 11.8 Å². The largest absolute Gasteiger partial charge is 0.493 e. The van der Waals surface area contributed by atoms with Gasteiger partial charge in [0.05, 0.1) is 27.1 Å². The number of benzene rings is 1. The van der Waals surface area contributed by atoms with Crippen molar-refractivity contribution in [1.82, 2.24) is 4.90 Å². The molecule has 1 N–H and O–H groups in total. The van der Waals surface area contributed by atoms with Crippen molar-refractivity contribution in [2.45, 2.75) is 0 Å². The lowest BCUT2D eigenvalue weighted by molar-refractivity contribution is -0.113. The highest BCUT2D eigenvalue weighted by Crippen LogP contribution is 2.39. The van der Waals surface area contributed by atoms with Crippen LogP contribution in [-0.4, -0.2) is 64.3 Å². The average molecular weight is 328 g/mol. The lowest BCUT2D eigenvalue weighted by Crippen LogP contribution is -2.18. The van der Waals surface area contributed by atoms with Crippen LogP contribution in [0.1, 0.15) is 0 Å². The van der Waals surface area contributed by atoms with E-state index in [1.807, 2.05) is 14.1 Å². The van der Waals surface area contributed by atoms with Gasteiger partial charge in [-0.15, -0.1) is 0 Å². The van der Waals surface area contributed by atoms with Crippen LogP contribution in [0.25, 0.3) is 0 Å². The Morgan fingerprint density at radius 3 is 2.18 bits per heavy atom. The van der Waals surface area contributed by atoms with E-state index in [0.717, 1.165) is 12.3 Å². The topological polar surface area (TPSA) is 60.0 Å². The molecule has 0 fully saturated rings. The second-order valence-corrected chi connectivity index (χ2v) is 5.92. The fourth-order valence-electron chi connectivity index (χ4n) is 1.76. The highest BCUT2D eigenvalue weighted by molar-refractivity contribution is 7.99. The maximum absolute atomic E-state index is 12.0. The SMILES string of the molecule is COc1cc(NC(=O)CSCCN(C)C)cc(OC)c1OC. The van der Waals surface area contributed by atoms with Gasteiger partial charge >= 0.3 is 0 Å². The number of hydrogen-bond acceptors (Lipinski definition) is 6. The summed E-state index contributed by atoms with van der Waals surface area (Å²) in [6.07, 6.45) is 0. The number of thioether (sulfide) groups is 1. The zero-order valence-electron chi connectivity index (χ0n) is 13.8.